The van der Waals surface area contributed by atoms with Gasteiger partial charge in [0.25, 0.3) is 5.92 Å². The van der Waals surface area contributed by atoms with Gasteiger partial charge in [0.15, 0.2) is 0 Å². The van der Waals surface area contributed by atoms with Crippen LogP contribution in [0.4, 0.5) is 8.78 Å². The van der Waals surface area contributed by atoms with Crippen LogP contribution in [0.3, 0.4) is 0 Å². The highest BCUT2D eigenvalue weighted by molar-refractivity contribution is 5.07. The maximum atomic E-state index is 14.3. The lowest BCUT2D eigenvalue weighted by molar-refractivity contribution is -0.158. The van der Waals surface area contributed by atoms with Crippen LogP contribution in [-0.4, -0.2) is 54.9 Å². The zero-order chi connectivity index (χ0) is 20.8. The highest BCUT2D eigenvalue weighted by Gasteiger charge is 2.55. The van der Waals surface area contributed by atoms with Gasteiger partial charge in [-0.15, -0.1) is 0 Å². The zero-order valence-corrected chi connectivity index (χ0v) is 18.8. The van der Waals surface area contributed by atoms with Crippen molar-refractivity contribution in [3.05, 3.63) is 0 Å². The SMILES string of the molecule is CC(C)(C)OC1CC(OCCCC(F)(F)CN2CC3(CC(C(C)(C)C)C3)C2)C1. The molecular formula is C23H41F2NO2. The molecule has 5 heteroatoms. The molecule has 2 aliphatic carbocycles. The Bertz CT molecular complexity index is 518. The zero-order valence-electron chi connectivity index (χ0n) is 18.8. The number of rotatable bonds is 8. The van der Waals surface area contributed by atoms with Crippen LogP contribution in [0.25, 0.3) is 0 Å². The minimum Gasteiger partial charge on any atom is -0.378 e. The van der Waals surface area contributed by atoms with Crippen molar-refractivity contribution in [2.24, 2.45) is 16.7 Å². The normalized spacial score (nSPS) is 28.7. The summed E-state index contributed by atoms with van der Waals surface area (Å²) in [5.74, 6) is -1.84. The van der Waals surface area contributed by atoms with Crippen LogP contribution < -0.4 is 0 Å². The number of nitrogens with zero attached hydrogens (tertiary/aromatic N) is 1. The van der Waals surface area contributed by atoms with Crippen LogP contribution in [0.5, 0.6) is 0 Å². The predicted octanol–water partition coefficient (Wildman–Crippen LogP) is 5.52. The fourth-order valence-electron chi connectivity index (χ4n) is 5.11. The van der Waals surface area contributed by atoms with Crippen LogP contribution in [0.15, 0.2) is 0 Å². The van der Waals surface area contributed by atoms with Gasteiger partial charge in [0.2, 0.25) is 0 Å². The van der Waals surface area contributed by atoms with E-state index in [1.165, 1.54) is 12.8 Å². The molecule has 28 heavy (non-hydrogen) atoms. The maximum Gasteiger partial charge on any atom is 0.260 e. The Labute approximate surface area is 170 Å². The summed E-state index contributed by atoms with van der Waals surface area (Å²) in [7, 11) is 0. The van der Waals surface area contributed by atoms with Gasteiger partial charge < -0.3 is 9.47 Å². The summed E-state index contributed by atoms with van der Waals surface area (Å²) in [5.41, 5.74) is 0.586. The molecule has 0 radical (unpaired) electrons. The van der Waals surface area contributed by atoms with Crippen molar-refractivity contribution in [1.29, 1.82) is 0 Å². The van der Waals surface area contributed by atoms with Gasteiger partial charge >= 0.3 is 0 Å². The molecule has 3 aliphatic rings. The molecule has 0 aromatic carbocycles. The highest BCUT2D eigenvalue weighted by atomic mass is 19.3. The molecule has 3 rings (SSSR count). The summed E-state index contributed by atoms with van der Waals surface area (Å²) in [5, 5.41) is 0. The molecule has 0 bridgehead atoms. The second kappa shape index (κ2) is 7.77. The van der Waals surface area contributed by atoms with Gasteiger partial charge in [-0.2, -0.15) is 0 Å². The molecule has 3 nitrogen and oxygen atoms in total. The van der Waals surface area contributed by atoms with E-state index < -0.39 is 5.92 Å². The highest BCUT2D eigenvalue weighted by Crippen LogP contribution is 2.57. The molecular weight excluding hydrogens is 360 g/mol. The smallest absolute Gasteiger partial charge is 0.260 e. The third-order valence-electron chi connectivity index (χ3n) is 6.77. The van der Waals surface area contributed by atoms with E-state index in [0.29, 0.717) is 23.9 Å². The molecule has 0 unspecified atom stereocenters. The Kier molecular flexibility index (Phi) is 6.23. The van der Waals surface area contributed by atoms with E-state index >= 15 is 0 Å². The van der Waals surface area contributed by atoms with E-state index in [1.807, 2.05) is 4.90 Å². The average molecular weight is 402 g/mol. The Morgan fingerprint density at radius 3 is 2.11 bits per heavy atom. The van der Waals surface area contributed by atoms with Crippen molar-refractivity contribution in [3.63, 3.8) is 0 Å². The van der Waals surface area contributed by atoms with Crippen molar-refractivity contribution < 1.29 is 18.3 Å². The van der Waals surface area contributed by atoms with Gasteiger partial charge in [-0.3, -0.25) is 4.90 Å². The van der Waals surface area contributed by atoms with Gasteiger partial charge in [-0.05, 0) is 69.6 Å². The average Bonchev–Trinajstić information content (AvgIpc) is 2.38. The van der Waals surface area contributed by atoms with Crippen LogP contribution in [-0.2, 0) is 9.47 Å². The molecule has 0 N–H and O–H groups in total. The van der Waals surface area contributed by atoms with E-state index in [-0.39, 0.29) is 30.8 Å². The molecule has 0 aromatic heterocycles. The molecule has 3 fully saturated rings. The monoisotopic (exact) mass is 401 g/mol. The number of ether oxygens (including phenoxy) is 2. The molecule has 0 atom stereocenters. The molecule has 1 saturated heterocycles. The van der Waals surface area contributed by atoms with Gasteiger partial charge in [0.1, 0.15) is 0 Å². The lowest BCUT2D eigenvalue weighted by atomic mass is 9.52. The third-order valence-corrected chi connectivity index (χ3v) is 6.77. The lowest BCUT2D eigenvalue weighted by Crippen LogP contribution is -2.65. The van der Waals surface area contributed by atoms with Crippen LogP contribution in [0.1, 0.15) is 80.1 Å². The van der Waals surface area contributed by atoms with Crippen molar-refractivity contribution in [2.45, 2.75) is 104 Å². The topological polar surface area (TPSA) is 21.7 Å². The first-order valence-electron chi connectivity index (χ1n) is 11.2. The third kappa shape index (κ3) is 5.89. The maximum absolute atomic E-state index is 14.3. The van der Waals surface area contributed by atoms with Gasteiger partial charge in [-0.25, -0.2) is 8.78 Å². The first-order chi connectivity index (χ1) is 12.8. The molecule has 164 valence electrons. The Balaban J connectivity index is 1.23. The Morgan fingerprint density at radius 2 is 1.57 bits per heavy atom. The lowest BCUT2D eigenvalue weighted by Gasteiger charge is -2.62. The summed E-state index contributed by atoms with van der Waals surface area (Å²) < 4.78 is 40.2. The van der Waals surface area contributed by atoms with Crippen LogP contribution in [0, 0.1) is 16.7 Å². The van der Waals surface area contributed by atoms with Crippen molar-refractivity contribution >= 4 is 0 Å². The second-order valence-corrected chi connectivity index (χ2v) is 11.9. The fraction of sp³-hybridized carbons (Fsp3) is 1.00. The molecule has 0 amide bonds. The predicted molar refractivity (Wildman–Crippen MR) is 109 cm³/mol. The molecule has 1 heterocycles. The fourth-order valence-corrected chi connectivity index (χ4v) is 5.11. The Hall–Kier alpha value is -0.260. The summed E-state index contributed by atoms with van der Waals surface area (Å²) in [6.45, 7) is 15.1. The summed E-state index contributed by atoms with van der Waals surface area (Å²) >= 11 is 0. The van der Waals surface area contributed by atoms with Crippen LogP contribution >= 0.6 is 0 Å². The minimum atomic E-state index is -2.60. The van der Waals surface area contributed by atoms with E-state index in [2.05, 4.69) is 41.5 Å². The largest absolute Gasteiger partial charge is 0.378 e. The summed E-state index contributed by atoms with van der Waals surface area (Å²) in [4.78, 5) is 1.96. The van der Waals surface area contributed by atoms with Gasteiger partial charge in [0.05, 0.1) is 24.4 Å². The number of halogens is 2. The summed E-state index contributed by atoms with van der Waals surface area (Å²) in [6, 6.07) is 0. The van der Waals surface area contributed by atoms with Crippen molar-refractivity contribution in [2.75, 3.05) is 26.2 Å². The van der Waals surface area contributed by atoms with Gasteiger partial charge in [0, 0.05) is 26.1 Å². The molecule has 1 aliphatic heterocycles. The van der Waals surface area contributed by atoms with E-state index in [4.69, 9.17) is 9.47 Å². The molecule has 1 spiro atoms. The van der Waals surface area contributed by atoms with E-state index in [0.717, 1.165) is 31.8 Å². The molecule has 0 aromatic rings. The number of hydrogen-bond donors (Lipinski definition) is 0. The summed E-state index contributed by atoms with van der Waals surface area (Å²) in [6.07, 6.45) is 5.01. The number of likely N-dealkylation sites (tertiary alicyclic amines) is 1. The first kappa shape index (κ1) is 22.4. The van der Waals surface area contributed by atoms with Crippen LogP contribution in [0.2, 0.25) is 0 Å². The van der Waals surface area contributed by atoms with Crippen molar-refractivity contribution in [3.8, 4) is 0 Å². The van der Waals surface area contributed by atoms with E-state index in [1.54, 1.807) is 0 Å². The van der Waals surface area contributed by atoms with E-state index in [9.17, 15) is 8.78 Å². The minimum absolute atomic E-state index is 0.0737. The Morgan fingerprint density at radius 1 is 0.964 bits per heavy atom. The quantitative estimate of drug-likeness (QED) is 0.500. The molecule has 2 saturated carbocycles. The van der Waals surface area contributed by atoms with Gasteiger partial charge in [-0.1, -0.05) is 20.8 Å². The second-order valence-electron chi connectivity index (χ2n) is 11.9. The first-order valence-corrected chi connectivity index (χ1v) is 11.2. The standard InChI is InChI=1S/C23H41F2NO2/c1-20(2,3)17-12-22(13-17)14-26(15-22)16-23(24,25)8-7-9-27-18-10-19(11-18)28-21(4,5)6/h17-19H,7-16H2,1-6H3. The number of hydrogen-bond acceptors (Lipinski definition) is 3. The van der Waals surface area contributed by atoms with Crippen molar-refractivity contribution in [1.82, 2.24) is 4.90 Å². The number of alkyl halides is 2.